The van der Waals surface area contributed by atoms with Crippen LogP contribution in [0.25, 0.3) is 11.0 Å². The van der Waals surface area contributed by atoms with Gasteiger partial charge in [0.05, 0.1) is 31.7 Å². The predicted octanol–water partition coefficient (Wildman–Crippen LogP) is 3.95. The van der Waals surface area contributed by atoms with E-state index in [4.69, 9.17) is 9.47 Å². The van der Waals surface area contributed by atoms with Crippen molar-refractivity contribution in [1.29, 1.82) is 0 Å². The molecule has 0 amide bonds. The number of rotatable bonds is 5. The van der Waals surface area contributed by atoms with E-state index in [0.29, 0.717) is 17.3 Å². The molecule has 2 N–H and O–H groups in total. The first kappa shape index (κ1) is 20.4. The van der Waals surface area contributed by atoms with E-state index in [9.17, 15) is 13.2 Å². The lowest BCUT2D eigenvalue weighted by Crippen LogP contribution is -2.44. The molecule has 0 spiro atoms. The molecule has 4 rings (SSSR count). The highest BCUT2D eigenvalue weighted by molar-refractivity contribution is 5.79. The molecule has 1 aliphatic rings. The number of aryl methyl sites for hydroxylation is 1. The summed E-state index contributed by atoms with van der Waals surface area (Å²) in [6, 6.07) is 4.59. The number of nitrogens with zero attached hydrogens (tertiary/aromatic N) is 3. The summed E-state index contributed by atoms with van der Waals surface area (Å²) in [5, 5.41) is 3.95. The third kappa shape index (κ3) is 4.05. The number of hydrogen-bond donors (Lipinski definition) is 2. The van der Waals surface area contributed by atoms with E-state index in [1.54, 1.807) is 12.3 Å². The summed E-state index contributed by atoms with van der Waals surface area (Å²) in [6.07, 6.45) is -2.65. The van der Waals surface area contributed by atoms with Crippen molar-refractivity contribution in [2.24, 2.45) is 0 Å². The molecule has 1 fully saturated rings. The minimum atomic E-state index is -4.42. The lowest BCUT2D eigenvalue weighted by molar-refractivity contribution is -0.194. The van der Waals surface area contributed by atoms with Crippen molar-refractivity contribution in [3.63, 3.8) is 0 Å². The fraction of sp³-hybridized carbons (Fsp3) is 0.400. The Kier molecular flexibility index (Phi) is 5.52. The van der Waals surface area contributed by atoms with Gasteiger partial charge in [-0.1, -0.05) is 6.07 Å². The van der Waals surface area contributed by atoms with Gasteiger partial charge in [-0.15, -0.1) is 0 Å². The first-order valence-corrected chi connectivity index (χ1v) is 9.52. The number of halogens is 3. The molecule has 1 unspecified atom stereocenters. The number of morpholine rings is 1. The molecule has 1 saturated heterocycles. The standard InChI is InChI=1S/C20H22F3N5O2/c1-12-14-5-6-24-18(14)27-19(25-12)26-15-4-3-13(11-16(15)29-2)17(20(21,22)23)28-7-9-30-10-8-28/h3-6,11,17H,7-10H2,1-2H3,(H2,24,25,26,27). The third-order valence-electron chi connectivity index (χ3n) is 5.11. The first-order chi connectivity index (χ1) is 14.4. The molecule has 1 aromatic carbocycles. The number of anilines is 2. The van der Waals surface area contributed by atoms with Crippen molar-refractivity contribution in [2.45, 2.75) is 19.1 Å². The molecule has 0 aliphatic carbocycles. The van der Waals surface area contributed by atoms with Gasteiger partial charge in [0, 0.05) is 24.7 Å². The highest BCUT2D eigenvalue weighted by Crippen LogP contribution is 2.41. The number of benzene rings is 1. The quantitative estimate of drug-likeness (QED) is 0.650. The Balaban J connectivity index is 1.65. The summed E-state index contributed by atoms with van der Waals surface area (Å²) in [5.74, 6) is 0.608. The molecule has 10 heteroatoms. The Hall–Kier alpha value is -2.85. The zero-order valence-corrected chi connectivity index (χ0v) is 16.6. The van der Waals surface area contributed by atoms with Gasteiger partial charge in [-0.3, -0.25) is 4.90 Å². The van der Waals surface area contributed by atoms with Crippen LogP contribution in [0.15, 0.2) is 30.5 Å². The van der Waals surface area contributed by atoms with E-state index in [2.05, 4.69) is 20.3 Å². The average Bonchev–Trinajstić information content (AvgIpc) is 3.18. The molecular weight excluding hydrogens is 399 g/mol. The Morgan fingerprint density at radius 3 is 2.67 bits per heavy atom. The highest BCUT2D eigenvalue weighted by Gasteiger charge is 2.45. The predicted molar refractivity (Wildman–Crippen MR) is 106 cm³/mol. The molecule has 1 atom stereocenters. The molecular formula is C20H22F3N5O2. The van der Waals surface area contributed by atoms with Gasteiger partial charge in [0.1, 0.15) is 17.4 Å². The van der Waals surface area contributed by atoms with Gasteiger partial charge in [-0.2, -0.15) is 18.2 Å². The first-order valence-electron chi connectivity index (χ1n) is 9.52. The zero-order valence-electron chi connectivity index (χ0n) is 16.6. The zero-order chi connectivity index (χ0) is 21.3. The summed E-state index contributed by atoms with van der Waals surface area (Å²) in [4.78, 5) is 13.2. The second kappa shape index (κ2) is 8.11. The normalized spacial score (nSPS) is 16.6. The van der Waals surface area contributed by atoms with E-state index in [0.717, 1.165) is 11.1 Å². The van der Waals surface area contributed by atoms with E-state index in [-0.39, 0.29) is 37.6 Å². The number of H-pyrrole nitrogens is 1. The van der Waals surface area contributed by atoms with Crippen molar-refractivity contribution < 1.29 is 22.6 Å². The lowest BCUT2D eigenvalue weighted by atomic mass is 10.0. The SMILES string of the molecule is COc1cc(C(N2CCOCC2)C(F)(F)F)ccc1Nc1nc(C)c2cc[nH]c2n1. The van der Waals surface area contributed by atoms with Crippen LogP contribution in [0.5, 0.6) is 5.75 Å². The third-order valence-corrected chi connectivity index (χ3v) is 5.11. The van der Waals surface area contributed by atoms with E-state index in [1.165, 1.54) is 24.1 Å². The number of aromatic nitrogens is 3. The molecule has 2 aromatic heterocycles. The van der Waals surface area contributed by atoms with Gasteiger partial charge in [0.2, 0.25) is 5.95 Å². The fourth-order valence-corrected chi connectivity index (χ4v) is 3.70. The van der Waals surface area contributed by atoms with Gasteiger partial charge in [0.15, 0.2) is 0 Å². The number of fused-ring (bicyclic) bond motifs is 1. The van der Waals surface area contributed by atoms with Crippen LogP contribution in [-0.2, 0) is 4.74 Å². The molecule has 30 heavy (non-hydrogen) atoms. The number of ether oxygens (including phenoxy) is 2. The van der Waals surface area contributed by atoms with Crippen molar-refractivity contribution in [1.82, 2.24) is 19.9 Å². The summed E-state index contributed by atoms with van der Waals surface area (Å²) in [6.45, 7) is 2.85. The maximum absolute atomic E-state index is 13.9. The van der Waals surface area contributed by atoms with Gasteiger partial charge in [-0.25, -0.2) is 4.98 Å². The van der Waals surface area contributed by atoms with Crippen molar-refractivity contribution in [3.05, 3.63) is 41.7 Å². The smallest absolute Gasteiger partial charge is 0.408 e. The lowest BCUT2D eigenvalue weighted by Gasteiger charge is -2.36. The van der Waals surface area contributed by atoms with E-state index >= 15 is 0 Å². The van der Waals surface area contributed by atoms with Crippen molar-refractivity contribution in [2.75, 3.05) is 38.7 Å². The summed E-state index contributed by atoms with van der Waals surface area (Å²) >= 11 is 0. The number of hydrogen-bond acceptors (Lipinski definition) is 6. The Morgan fingerprint density at radius 2 is 1.97 bits per heavy atom. The summed E-state index contributed by atoms with van der Waals surface area (Å²) < 4.78 is 52.2. The van der Waals surface area contributed by atoms with Crippen LogP contribution in [0, 0.1) is 6.92 Å². The molecule has 7 nitrogen and oxygen atoms in total. The monoisotopic (exact) mass is 421 g/mol. The maximum atomic E-state index is 13.9. The summed E-state index contributed by atoms with van der Waals surface area (Å²) in [7, 11) is 1.42. The van der Waals surface area contributed by atoms with Crippen LogP contribution < -0.4 is 10.1 Å². The van der Waals surface area contributed by atoms with E-state index in [1.807, 2.05) is 13.0 Å². The van der Waals surface area contributed by atoms with Gasteiger partial charge in [-0.05, 0) is 30.7 Å². The van der Waals surface area contributed by atoms with Crippen LogP contribution in [0.2, 0.25) is 0 Å². The van der Waals surface area contributed by atoms with Crippen LogP contribution in [0.4, 0.5) is 24.8 Å². The number of aromatic amines is 1. The molecule has 160 valence electrons. The minimum absolute atomic E-state index is 0.115. The number of nitrogens with one attached hydrogen (secondary N) is 2. The topological polar surface area (TPSA) is 75.3 Å². The van der Waals surface area contributed by atoms with Crippen molar-refractivity contribution in [3.8, 4) is 5.75 Å². The minimum Gasteiger partial charge on any atom is -0.495 e. The molecule has 0 bridgehead atoms. The van der Waals surface area contributed by atoms with Crippen LogP contribution >= 0.6 is 0 Å². The second-order valence-corrected chi connectivity index (χ2v) is 7.05. The van der Waals surface area contributed by atoms with Crippen LogP contribution in [0.1, 0.15) is 17.3 Å². The van der Waals surface area contributed by atoms with Crippen molar-refractivity contribution >= 4 is 22.7 Å². The number of alkyl halides is 3. The Morgan fingerprint density at radius 1 is 1.20 bits per heavy atom. The second-order valence-electron chi connectivity index (χ2n) is 7.05. The van der Waals surface area contributed by atoms with E-state index < -0.39 is 12.2 Å². The number of methoxy groups -OCH3 is 1. The van der Waals surface area contributed by atoms with Gasteiger partial charge < -0.3 is 19.8 Å². The maximum Gasteiger partial charge on any atom is 0.408 e. The molecule has 0 saturated carbocycles. The summed E-state index contributed by atoms with van der Waals surface area (Å²) in [5.41, 5.74) is 2.05. The molecule has 3 heterocycles. The van der Waals surface area contributed by atoms with Crippen LogP contribution in [0.3, 0.4) is 0 Å². The van der Waals surface area contributed by atoms with Gasteiger partial charge in [0.25, 0.3) is 0 Å². The molecule has 1 aliphatic heterocycles. The Labute approximate surface area is 171 Å². The fourth-order valence-electron chi connectivity index (χ4n) is 3.70. The molecule has 3 aromatic rings. The average molecular weight is 421 g/mol. The Bertz CT molecular complexity index is 1030. The van der Waals surface area contributed by atoms with Crippen LogP contribution in [-0.4, -0.2) is 59.4 Å². The molecule has 0 radical (unpaired) electrons. The van der Waals surface area contributed by atoms with Gasteiger partial charge >= 0.3 is 6.18 Å². The highest BCUT2D eigenvalue weighted by atomic mass is 19.4. The largest absolute Gasteiger partial charge is 0.495 e.